The summed E-state index contributed by atoms with van der Waals surface area (Å²) in [5, 5.41) is 2.80. The number of carbonyl (C=O) groups is 1. The minimum Gasteiger partial charge on any atom is -0.484 e. The third-order valence-electron chi connectivity index (χ3n) is 3.66. The van der Waals surface area contributed by atoms with Gasteiger partial charge in [-0.2, -0.15) is 4.31 Å². The highest BCUT2D eigenvalue weighted by Crippen LogP contribution is 2.07. The van der Waals surface area contributed by atoms with Crippen molar-refractivity contribution in [3.63, 3.8) is 0 Å². The van der Waals surface area contributed by atoms with Crippen LogP contribution in [0, 0.1) is 0 Å². The number of rotatable bonds is 7. The Morgan fingerprint density at radius 2 is 1.83 bits per heavy atom. The standard InChI is InChI=1S/C15H23N3O4S/c1-23(20,21)18-11-9-17(10-12-18)8-7-16-15(19)13-22-14-5-3-2-4-6-14/h2-6H,7-13H2,1H3,(H,16,19). The number of carbonyl (C=O) groups excluding carboxylic acids is 1. The van der Waals surface area contributed by atoms with Gasteiger partial charge in [-0.15, -0.1) is 0 Å². The van der Waals surface area contributed by atoms with Crippen LogP contribution in [0.3, 0.4) is 0 Å². The van der Waals surface area contributed by atoms with Gasteiger partial charge in [0.25, 0.3) is 5.91 Å². The average molecular weight is 341 g/mol. The molecule has 1 fully saturated rings. The first-order chi connectivity index (χ1) is 10.9. The SMILES string of the molecule is CS(=O)(=O)N1CCN(CCNC(=O)COc2ccccc2)CC1. The van der Waals surface area contributed by atoms with Crippen molar-refractivity contribution in [2.45, 2.75) is 0 Å². The molecule has 1 aliphatic rings. The van der Waals surface area contributed by atoms with Crippen molar-refractivity contribution in [1.29, 1.82) is 0 Å². The highest BCUT2D eigenvalue weighted by molar-refractivity contribution is 7.88. The molecule has 1 aromatic carbocycles. The van der Waals surface area contributed by atoms with Crippen LogP contribution in [0.2, 0.25) is 0 Å². The Hall–Kier alpha value is -1.64. The predicted molar refractivity (Wildman–Crippen MR) is 87.8 cm³/mol. The maximum atomic E-state index is 11.7. The van der Waals surface area contributed by atoms with Crippen molar-refractivity contribution in [3.05, 3.63) is 30.3 Å². The van der Waals surface area contributed by atoms with E-state index in [0.717, 1.165) is 0 Å². The Morgan fingerprint density at radius 1 is 1.17 bits per heavy atom. The van der Waals surface area contributed by atoms with E-state index in [2.05, 4.69) is 10.2 Å². The van der Waals surface area contributed by atoms with Gasteiger partial charge >= 0.3 is 0 Å². The number of nitrogens with zero attached hydrogens (tertiary/aromatic N) is 2. The quantitative estimate of drug-likeness (QED) is 0.740. The molecule has 0 bridgehead atoms. The van der Waals surface area contributed by atoms with E-state index in [1.54, 1.807) is 12.1 Å². The molecule has 23 heavy (non-hydrogen) atoms. The molecule has 1 heterocycles. The molecule has 1 aromatic rings. The van der Waals surface area contributed by atoms with Gasteiger partial charge in [-0.3, -0.25) is 9.69 Å². The smallest absolute Gasteiger partial charge is 0.257 e. The van der Waals surface area contributed by atoms with Crippen LogP contribution < -0.4 is 10.1 Å². The maximum absolute atomic E-state index is 11.7. The topological polar surface area (TPSA) is 79.0 Å². The van der Waals surface area contributed by atoms with Crippen molar-refractivity contribution in [2.24, 2.45) is 0 Å². The van der Waals surface area contributed by atoms with Gasteiger partial charge in [-0.25, -0.2) is 8.42 Å². The number of amides is 1. The highest BCUT2D eigenvalue weighted by Gasteiger charge is 2.22. The summed E-state index contributed by atoms with van der Waals surface area (Å²) in [6, 6.07) is 9.19. The first-order valence-corrected chi connectivity index (χ1v) is 9.42. The second kappa shape index (κ2) is 8.28. The summed E-state index contributed by atoms with van der Waals surface area (Å²) in [4.78, 5) is 13.8. The summed E-state index contributed by atoms with van der Waals surface area (Å²) in [5.74, 6) is 0.503. The summed E-state index contributed by atoms with van der Waals surface area (Å²) in [5.41, 5.74) is 0. The number of nitrogens with one attached hydrogen (secondary N) is 1. The fourth-order valence-electron chi connectivity index (χ4n) is 2.35. The summed E-state index contributed by atoms with van der Waals surface area (Å²) in [6.45, 7) is 3.59. The number of sulfonamides is 1. The zero-order chi connectivity index (χ0) is 16.7. The monoisotopic (exact) mass is 341 g/mol. The fourth-order valence-corrected chi connectivity index (χ4v) is 3.18. The molecular formula is C15H23N3O4S. The molecule has 1 amide bonds. The van der Waals surface area contributed by atoms with Crippen LogP contribution in [0.15, 0.2) is 30.3 Å². The van der Waals surface area contributed by atoms with E-state index in [1.807, 2.05) is 18.2 Å². The molecular weight excluding hydrogens is 318 g/mol. The molecule has 2 rings (SSSR count). The number of para-hydroxylation sites is 1. The molecule has 0 radical (unpaired) electrons. The molecule has 128 valence electrons. The molecule has 1 N–H and O–H groups in total. The molecule has 0 aromatic heterocycles. The van der Waals surface area contributed by atoms with Gasteiger partial charge < -0.3 is 10.1 Å². The largest absolute Gasteiger partial charge is 0.484 e. The minimum absolute atomic E-state index is 0.00807. The highest BCUT2D eigenvalue weighted by atomic mass is 32.2. The zero-order valence-corrected chi connectivity index (χ0v) is 14.1. The van der Waals surface area contributed by atoms with Crippen LogP contribution in [-0.4, -0.2) is 75.7 Å². The van der Waals surface area contributed by atoms with E-state index >= 15 is 0 Å². The van der Waals surface area contributed by atoms with Crippen LogP contribution in [0.1, 0.15) is 0 Å². The first-order valence-electron chi connectivity index (χ1n) is 7.57. The molecule has 0 spiro atoms. The lowest BCUT2D eigenvalue weighted by Gasteiger charge is -2.33. The minimum atomic E-state index is -3.10. The fraction of sp³-hybridized carbons (Fsp3) is 0.533. The lowest BCUT2D eigenvalue weighted by molar-refractivity contribution is -0.123. The van der Waals surface area contributed by atoms with Gasteiger partial charge in [0.2, 0.25) is 10.0 Å². The van der Waals surface area contributed by atoms with Crippen LogP contribution in [0.5, 0.6) is 5.75 Å². The normalized spacial score (nSPS) is 16.9. The van der Waals surface area contributed by atoms with Crippen molar-refractivity contribution in [2.75, 3.05) is 52.1 Å². The first kappa shape index (κ1) is 17.7. The lowest BCUT2D eigenvalue weighted by atomic mass is 10.3. The van der Waals surface area contributed by atoms with E-state index in [0.29, 0.717) is 45.0 Å². The molecule has 1 saturated heterocycles. The summed E-state index contributed by atoms with van der Waals surface area (Å²) in [6.07, 6.45) is 1.23. The molecule has 0 saturated carbocycles. The van der Waals surface area contributed by atoms with Crippen LogP contribution in [0.25, 0.3) is 0 Å². The average Bonchev–Trinajstić information content (AvgIpc) is 2.53. The van der Waals surface area contributed by atoms with E-state index in [9.17, 15) is 13.2 Å². The molecule has 7 nitrogen and oxygen atoms in total. The van der Waals surface area contributed by atoms with Gasteiger partial charge in [-0.05, 0) is 12.1 Å². The van der Waals surface area contributed by atoms with E-state index in [-0.39, 0.29) is 12.5 Å². The summed E-state index contributed by atoms with van der Waals surface area (Å²) < 4.78 is 29.7. The van der Waals surface area contributed by atoms with Crippen LogP contribution >= 0.6 is 0 Å². The molecule has 0 unspecified atom stereocenters. The predicted octanol–water partition coefficient (Wildman–Crippen LogP) is -0.241. The second-order valence-corrected chi connectivity index (χ2v) is 7.44. The zero-order valence-electron chi connectivity index (χ0n) is 13.3. The number of hydrogen-bond acceptors (Lipinski definition) is 5. The number of hydrogen-bond donors (Lipinski definition) is 1. The van der Waals surface area contributed by atoms with E-state index < -0.39 is 10.0 Å². The van der Waals surface area contributed by atoms with Crippen LogP contribution in [0.4, 0.5) is 0 Å². The second-order valence-electron chi connectivity index (χ2n) is 5.46. The number of piperazine rings is 1. The van der Waals surface area contributed by atoms with Gasteiger partial charge in [-0.1, -0.05) is 18.2 Å². The van der Waals surface area contributed by atoms with Gasteiger partial charge in [0.15, 0.2) is 6.61 Å². The maximum Gasteiger partial charge on any atom is 0.257 e. The van der Waals surface area contributed by atoms with Crippen molar-refractivity contribution in [3.8, 4) is 5.75 Å². The van der Waals surface area contributed by atoms with Crippen molar-refractivity contribution < 1.29 is 17.9 Å². The summed E-state index contributed by atoms with van der Waals surface area (Å²) >= 11 is 0. The van der Waals surface area contributed by atoms with Crippen LogP contribution in [-0.2, 0) is 14.8 Å². The molecule has 8 heteroatoms. The Kier molecular flexibility index (Phi) is 6.37. The van der Waals surface area contributed by atoms with Crippen molar-refractivity contribution >= 4 is 15.9 Å². The van der Waals surface area contributed by atoms with Crippen molar-refractivity contribution in [1.82, 2.24) is 14.5 Å². The van der Waals surface area contributed by atoms with E-state index in [1.165, 1.54) is 10.6 Å². The molecule has 1 aliphatic heterocycles. The Bertz CT molecular complexity index is 598. The Balaban J connectivity index is 1.59. The number of ether oxygens (including phenoxy) is 1. The lowest BCUT2D eigenvalue weighted by Crippen LogP contribution is -2.50. The molecule has 0 atom stereocenters. The number of benzene rings is 1. The van der Waals surface area contributed by atoms with Gasteiger partial charge in [0, 0.05) is 39.3 Å². The Labute approximate surface area is 137 Å². The molecule has 0 aliphatic carbocycles. The Morgan fingerprint density at radius 3 is 2.43 bits per heavy atom. The third kappa shape index (κ3) is 6.17. The van der Waals surface area contributed by atoms with E-state index in [4.69, 9.17) is 4.74 Å². The van der Waals surface area contributed by atoms with Gasteiger partial charge in [0.05, 0.1) is 6.26 Å². The van der Waals surface area contributed by atoms with Gasteiger partial charge in [0.1, 0.15) is 5.75 Å². The third-order valence-corrected chi connectivity index (χ3v) is 4.97. The summed E-state index contributed by atoms with van der Waals surface area (Å²) in [7, 11) is -3.10.